The number of amides is 1. The van der Waals surface area contributed by atoms with Crippen molar-refractivity contribution < 1.29 is 24.2 Å². The second kappa shape index (κ2) is 6.97. The quantitative estimate of drug-likeness (QED) is 0.862. The van der Waals surface area contributed by atoms with Crippen LogP contribution in [0.3, 0.4) is 0 Å². The Morgan fingerprint density at radius 2 is 1.86 bits per heavy atom. The van der Waals surface area contributed by atoms with E-state index in [1.165, 1.54) is 12.0 Å². The van der Waals surface area contributed by atoms with Crippen LogP contribution in [0.25, 0.3) is 0 Å². The minimum absolute atomic E-state index is 0.362. The summed E-state index contributed by atoms with van der Waals surface area (Å²) in [5, 5.41) is 8.88. The molecule has 0 radical (unpaired) electrons. The number of hydrogen-bond donors (Lipinski definition) is 1. The van der Waals surface area contributed by atoms with Crippen molar-refractivity contribution in [1.29, 1.82) is 0 Å². The Morgan fingerprint density at radius 3 is 2.38 bits per heavy atom. The van der Waals surface area contributed by atoms with E-state index < -0.39 is 6.09 Å². The van der Waals surface area contributed by atoms with E-state index in [2.05, 4.69) is 4.74 Å². The Balaban J connectivity index is 1.79. The average Bonchev–Trinajstić information content (AvgIpc) is 2.53. The van der Waals surface area contributed by atoms with Crippen molar-refractivity contribution in [3.63, 3.8) is 0 Å². The molecule has 6 nitrogen and oxygen atoms in total. The molecule has 114 valence electrons. The van der Waals surface area contributed by atoms with E-state index in [0.29, 0.717) is 36.9 Å². The van der Waals surface area contributed by atoms with Gasteiger partial charge in [-0.25, -0.2) is 9.59 Å². The molecular weight excluding hydrogens is 274 g/mol. The van der Waals surface area contributed by atoms with Gasteiger partial charge in [0.25, 0.3) is 0 Å². The van der Waals surface area contributed by atoms with Crippen molar-refractivity contribution in [3.05, 3.63) is 29.8 Å². The second-order valence-electron chi connectivity index (χ2n) is 5.04. The van der Waals surface area contributed by atoms with Crippen LogP contribution in [-0.2, 0) is 4.74 Å². The van der Waals surface area contributed by atoms with Gasteiger partial charge < -0.3 is 19.5 Å². The van der Waals surface area contributed by atoms with Gasteiger partial charge in [0.2, 0.25) is 0 Å². The molecule has 1 aliphatic rings. The van der Waals surface area contributed by atoms with E-state index in [0.717, 1.165) is 12.8 Å². The van der Waals surface area contributed by atoms with Crippen molar-refractivity contribution >= 4 is 12.1 Å². The van der Waals surface area contributed by atoms with Gasteiger partial charge in [-0.1, -0.05) is 0 Å². The molecule has 1 fully saturated rings. The van der Waals surface area contributed by atoms with Crippen LogP contribution >= 0.6 is 0 Å². The highest BCUT2D eigenvalue weighted by Crippen LogP contribution is 2.20. The molecule has 0 atom stereocenters. The lowest BCUT2D eigenvalue weighted by atomic mass is 9.98. The van der Waals surface area contributed by atoms with Gasteiger partial charge in [-0.2, -0.15) is 0 Å². The van der Waals surface area contributed by atoms with Crippen LogP contribution in [0, 0.1) is 5.92 Å². The Hall–Kier alpha value is -2.24. The molecule has 1 saturated heterocycles. The SMILES string of the molecule is COC(=O)c1ccc(OCC2CCN(C(=O)O)CC2)cc1. The number of esters is 1. The van der Waals surface area contributed by atoms with E-state index in [9.17, 15) is 9.59 Å². The maximum absolute atomic E-state index is 11.3. The molecular formula is C15H19NO5. The van der Waals surface area contributed by atoms with Crippen LogP contribution in [0.5, 0.6) is 5.75 Å². The molecule has 2 rings (SSSR count). The Bertz CT molecular complexity index is 491. The fourth-order valence-electron chi connectivity index (χ4n) is 2.31. The number of benzene rings is 1. The molecule has 0 unspecified atom stereocenters. The van der Waals surface area contributed by atoms with Gasteiger partial charge in [-0.3, -0.25) is 0 Å². The number of methoxy groups -OCH3 is 1. The van der Waals surface area contributed by atoms with Crippen LogP contribution in [0.15, 0.2) is 24.3 Å². The summed E-state index contributed by atoms with van der Waals surface area (Å²) in [6.07, 6.45) is 0.770. The molecule has 0 spiro atoms. The van der Waals surface area contributed by atoms with Crippen molar-refractivity contribution in [3.8, 4) is 5.75 Å². The van der Waals surface area contributed by atoms with Gasteiger partial charge in [0.15, 0.2) is 0 Å². The highest BCUT2D eigenvalue weighted by atomic mass is 16.5. The molecule has 1 heterocycles. The zero-order valence-corrected chi connectivity index (χ0v) is 11.9. The van der Waals surface area contributed by atoms with Gasteiger partial charge in [-0.05, 0) is 43.0 Å². The summed E-state index contributed by atoms with van der Waals surface area (Å²) in [6, 6.07) is 6.79. The molecule has 1 aromatic rings. The number of piperidine rings is 1. The zero-order valence-electron chi connectivity index (χ0n) is 11.9. The summed E-state index contributed by atoms with van der Waals surface area (Å²) in [5.41, 5.74) is 0.486. The molecule has 0 bridgehead atoms. The molecule has 1 aromatic carbocycles. The number of ether oxygens (including phenoxy) is 2. The van der Waals surface area contributed by atoms with Crippen LogP contribution in [0.2, 0.25) is 0 Å². The lowest BCUT2D eigenvalue weighted by molar-refractivity contribution is 0.0600. The number of carboxylic acid groups (broad SMARTS) is 1. The molecule has 0 saturated carbocycles. The maximum atomic E-state index is 11.3. The van der Waals surface area contributed by atoms with Crippen LogP contribution < -0.4 is 4.74 Å². The first-order valence-electron chi connectivity index (χ1n) is 6.89. The molecule has 6 heteroatoms. The summed E-state index contributed by atoms with van der Waals surface area (Å²) < 4.78 is 10.3. The largest absolute Gasteiger partial charge is 0.493 e. The number of rotatable bonds is 4. The van der Waals surface area contributed by atoms with Gasteiger partial charge in [0, 0.05) is 13.1 Å². The first-order chi connectivity index (χ1) is 10.1. The second-order valence-corrected chi connectivity index (χ2v) is 5.04. The topological polar surface area (TPSA) is 76.1 Å². The minimum atomic E-state index is -0.854. The predicted molar refractivity (Wildman–Crippen MR) is 75.6 cm³/mol. The Labute approximate surface area is 123 Å². The third-order valence-electron chi connectivity index (χ3n) is 3.65. The lowest BCUT2D eigenvalue weighted by Crippen LogP contribution is -2.38. The molecule has 1 aliphatic heterocycles. The summed E-state index contributed by atoms with van der Waals surface area (Å²) >= 11 is 0. The van der Waals surface area contributed by atoms with Gasteiger partial charge in [-0.15, -0.1) is 0 Å². The van der Waals surface area contributed by atoms with E-state index >= 15 is 0 Å². The number of likely N-dealkylation sites (tertiary alicyclic amines) is 1. The third-order valence-corrected chi connectivity index (χ3v) is 3.65. The highest BCUT2D eigenvalue weighted by molar-refractivity contribution is 5.89. The highest BCUT2D eigenvalue weighted by Gasteiger charge is 2.22. The lowest BCUT2D eigenvalue weighted by Gasteiger charge is -2.29. The first kappa shape index (κ1) is 15.2. The zero-order chi connectivity index (χ0) is 15.2. The average molecular weight is 293 g/mol. The fraction of sp³-hybridized carbons (Fsp3) is 0.467. The summed E-state index contributed by atoms with van der Waals surface area (Å²) in [7, 11) is 1.34. The molecule has 21 heavy (non-hydrogen) atoms. The van der Waals surface area contributed by atoms with Gasteiger partial charge in [0.1, 0.15) is 5.75 Å². The van der Waals surface area contributed by atoms with Crippen LogP contribution in [0.4, 0.5) is 4.79 Å². The first-order valence-corrected chi connectivity index (χ1v) is 6.89. The fourth-order valence-corrected chi connectivity index (χ4v) is 2.31. The number of carbonyl (C=O) groups is 2. The maximum Gasteiger partial charge on any atom is 0.407 e. The number of nitrogens with zero attached hydrogens (tertiary/aromatic N) is 1. The van der Waals surface area contributed by atoms with E-state index in [4.69, 9.17) is 9.84 Å². The summed E-state index contributed by atoms with van der Waals surface area (Å²) in [4.78, 5) is 23.5. The Morgan fingerprint density at radius 1 is 1.24 bits per heavy atom. The smallest absolute Gasteiger partial charge is 0.407 e. The van der Waals surface area contributed by atoms with E-state index in [1.54, 1.807) is 24.3 Å². The van der Waals surface area contributed by atoms with Crippen LogP contribution in [0.1, 0.15) is 23.2 Å². The molecule has 1 N–H and O–H groups in total. The van der Waals surface area contributed by atoms with Crippen molar-refractivity contribution in [2.45, 2.75) is 12.8 Å². The Kier molecular flexibility index (Phi) is 5.03. The minimum Gasteiger partial charge on any atom is -0.493 e. The normalized spacial score (nSPS) is 15.6. The molecule has 0 aromatic heterocycles. The van der Waals surface area contributed by atoms with Crippen molar-refractivity contribution in [2.75, 3.05) is 26.8 Å². The van der Waals surface area contributed by atoms with E-state index in [1.807, 2.05) is 0 Å². The number of hydrogen-bond acceptors (Lipinski definition) is 4. The van der Waals surface area contributed by atoms with Gasteiger partial charge >= 0.3 is 12.1 Å². The van der Waals surface area contributed by atoms with Crippen molar-refractivity contribution in [1.82, 2.24) is 4.90 Å². The third kappa shape index (κ3) is 4.11. The monoisotopic (exact) mass is 293 g/mol. The molecule has 1 amide bonds. The summed E-state index contributed by atoms with van der Waals surface area (Å²) in [6.45, 7) is 1.68. The van der Waals surface area contributed by atoms with Crippen LogP contribution in [-0.4, -0.2) is 48.9 Å². The van der Waals surface area contributed by atoms with E-state index in [-0.39, 0.29) is 5.97 Å². The standard InChI is InChI=1S/C15H19NO5/c1-20-14(17)12-2-4-13(5-3-12)21-10-11-6-8-16(9-7-11)15(18)19/h2-5,11H,6-10H2,1H3,(H,18,19). The molecule has 0 aliphatic carbocycles. The van der Waals surface area contributed by atoms with Crippen molar-refractivity contribution in [2.24, 2.45) is 5.92 Å². The predicted octanol–water partition coefficient (Wildman–Crippen LogP) is 2.24. The van der Waals surface area contributed by atoms with Gasteiger partial charge in [0.05, 0.1) is 19.3 Å². The number of carbonyl (C=O) groups excluding carboxylic acids is 1. The summed E-state index contributed by atoms with van der Waals surface area (Å²) in [5.74, 6) is 0.687.